The number of hydrogen-bond donors (Lipinski definition) is 1. The lowest BCUT2D eigenvalue weighted by molar-refractivity contribution is -0.161. The van der Waals surface area contributed by atoms with Gasteiger partial charge in [0, 0.05) is 12.8 Å². The van der Waals surface area contributed by atoms with Crippen molar-refractivity contribution in [2.24, 2.45) is 0 Å². The normalized spacial score (nSPS) is 16.5. The van der Waals surface area contributed by atoms with Crippen LogP contribution in [0, 0.1) is 0 Å². The summed E-state index contributed by atoms with van der Waals surface area (Å²) >= 11 is 0. The molecule has 0 aliphatic carbocycles. The maximum atomic E-state index is 12.2. The number of carbonyl (C=O) groups excluding carboxylic acids is 2. The number of aliphatic hydroxyl groups is 1. The maximum absolute atomic E-state index is 12.2. The molecule has 0 saturated carbocycles. The van der Waals surface area contributed by atoms with Crippen LogP contribution in [0.1, 0.15) is 200 Å². The fourth-order valence-electron chi connectivity index (χ4n) is 6.29. The molecule has 6 heteroatoms. The molecule has 1 N–H and O–H groups in total. The number of ether oxygens (including phenoxy) is 3. The van der Waals surface area contributed by atoms with Gasteiger partial charge in [-0.15, -0.1) is 0 Å². The van der Waals surface area contributed by atoms with Crippen molar-refractivity contribution in [2.75, 3.05) is 13.2 Å². The van der Waals surface area contributed by atoms with E-state index in [2.05, 4.69) is 50.3 Å². The number of carbonyl (C=O) groups is 2. The van der Waals surface area contributed by atoms with Crippen LogP contribution in [-0.4, -0.2) is 48.6 Å². The Morgan fingerprint density at radius 2 is 1.06 bits per heavy atom. The zero-order chi connectivity index (χ0) is 36.2. The van der Waals surface area contributed by atoms with Crippen molar-refractivity contribution in [3.8, 4) is 0 Å². The highest BCUT2D eigenvalue weighted by Crippen LogP contribution is 2.30. The molecule has 0 aromatic carbocycles. The van der Waals surface area contributed by atoms with Crippen molar-refractivity contribution in [1.82, 2.24) is 0 Å². The lowest BCUT2D eigenvalue weighted by atomic mass is 10.0. The Hall–Kier alpha value is -1.92. The summed E-state index contributed by atoms with van der Waals surface area (Å²) < 4.78 is 16.4. The lowest BCUT2D eigenvalue weighted by Gasteiger charge is -2.15. The Labute approximate surface area is 308 Å². The number of rotatable bonds is 37. The Morgan fingerprint density at radius 1 is 0.580 bits per heavy atom. The molecule has 6 nitrogen and oxygen atoms in total. The fourth-order valence-corrected chi connectivity index (χ4v) is 6.29. The fraction of sp³-hybridized carbons (Fsp3) is 0.818. The molecular weight excluding hydrogens is 624 g/mol. The van der Waals surface area contributed by atoms with E-state index < -0.39 is 6.10 Å². The highest BCUT2D eigenvalue weighted by Gasteiger charge is 2.36. The summed E-state index contributed by atoms with van der Waals surface area (Å²) in [5.74, 6) is -0.661. The summed E-state index contributed by atoms with van der Waals surface area (Å²) in [5.41, 5.74) is 0. The second kappa shape index (κ2) is 35.5. The second-order valence-electron chi connectivity index (χ2n) is 14.5. The van der Waals surface area contributed by atoms with Crippen LogP contribution in [0.5, 0.6) is 0 Å². The van der Waals surface area contributed by atoms with Gasteiger partial charge in [0.25, 0.3) is 0 Å². The first kappa shape index (κ1) is 46.1. The minimum absolute atomic E-state index is 0.1000. The summed E-state index contributed by atoms with van der Waals surface area (Å²) in [5, 5.41) is 9.59. The van der Waals surface area contributed by atoms with Crippen molar-refractivity contribution in [1.29, 1.82) is 0 Å². The Bertz CT molecular complexity index is 865. The molecule has 1 saturated heterocycles. The van der Waals surface area contributed by atoms with Gasteiger partial charge in [0.2, 0.25) is 0 Å². The van der Waals surface area contributed by atoms with E-state index in [1.54, 1.807) is 0 Å². The molecule has 1 fully saturated rings. The molecule has 1 aliphatic rings. The van der Waals surface area contributed by atoms with Gasteiger partial charge in [0.1, 0.15) is 6.61 Å². The van der Waals surface area contributed by atoms with Gasteiger partial charge in [-0.3, -0.25) is 9.59 Å². The molecule has 3 atom stereocenters. The number of unbranched alkanes of at least 4 members (excludes halogenated alkanes) is 20. The summed E-state index contributed by atoms with van der Waals surface area (Å²) in [6.45, 7) is 4.06. The van der Waals surface area contributed by atoms with Crippen molar-refractivity contribution in [3.05, 3.63) is 36.5 Å². The van der Waals surface area contributed by atoms with E-state index in [0.29, 0.717) is 19.3 Å². The van der Waals surface area contributed by atoms with Gasteiger partial charge < -0.3 is 19.3 Å². The first-order valence-electron chi connectivity index (χ1n) is 21.2. The Morgan fingerprint density at radius 3 is 1.62 bits per heavy atom. The molecule has 0 amide bonds. The number of hydrogen-bond acceptors (Lipinski definition) is 6. The lowest BCUT2D eigenvalue weighted by Crippen LogP contribution is -2.28. The van der Waals surface area contributed by atoms with Gasteiger partial charge in [-0.1, -0.05) is 172 Å². The van der Waals surface area contributed by atoms with Gasteiger partial charge >= 0.3 is 11.9 Å². The van der Waals surface area contributed by atoms with Gasteiger partial charge in [0.05, 0.1) is 18.8 Å². The summed E-state index contributed by atoms with van der Waals surface area (Å²) in [6.07, 6.45) is 46.6. The molecule has 1 rings (SSSR count). The molecule has 50 heavy (non-hydrogen) atoms. The molecule has 0 aromatic rings. The van der Waals surface area contributed by atoms with Crippen LogP contribution < -0.4 is 0 Å². The minimum atomic E-state index is -0.799. The van der Waals surface area contributed by atoms with Gasteiger partial charge in [0.15, 0.2) is 6.10 Å². The average Bonchev–Trinajstić information content (AvgIpc) is 3.87. The maximum Gasteiger partial charge on any atom is 0.306 e. The van der Waals surface area contributed by atoms with Crippen LogP contribution in [0.2, 0.25) is 0 Å². The van der Waals surface area contributed by atoms with Crippen LogP contribution >= 0.6 is 0 Å². The molecule has 0 bridgehead atoms. The zero-order valence-electron chi connectivity index (χ0n) is 32.6. The highest BCUT2D eigenvalue weighted by molar-refractivity contribution is 5.70. The van der Waals surface area contributed by atoms with Crippen molar-refractivity contribution in [2.45, 2.75) is 218 Å². The first-order valence-corrected chi connectivity index (χ1v) is 21.2. The molecule has 0 aromatic heterocycles. The molecular formula is C44H78O6. The van der Waals surface area contributed by atoms with E-state index in [-0.39, 0.29) is 37.4 Å². The zero-order valence-corrected chi connectivity index (χ0v) is 32.6. The quantitative estimate of drug-likeness (QED) is 0.0300. The SMILES string of the molecule is CCCCC/C=C\C/C=C\C/C=C\CC1OC1CCCC(=O)OC[C@H](CO)OC(=O)CCCCCCCCCCCCCCCCCCCC. The molecule has 0 spiro atoms. The largest absolute Gasteiger partial charge is 0.462 e. The van der Waals surface area contributed by atoms with Crippen molar-refractivity contribution >= 4 is 11.9 Å². The topological polar surface area (TPSA) is 85.4 Å². The predicted octanol–water partition coefficient (Wildman–Crippen LogP) is 12.2. The predicted molar refractivity (Wildman–Crippen MR) is 209 cm³/mol. The first-order chi connectivity index (χ1) is 24.6. The van der Waals surface area contributed by atoms with E-state index in [0.717, 1.165) is 44.9 Å². The van der Waals surface area contributed by atoms with Gasteiger partial charge in [-0.05, 0) is 51.4 Å². The summed E-state index contributed by atoms with van der Waals surface area (Å²) in [4.78, 5) is 24.4. The third-order valence-electron chi connectivity index (χ3n) is 9.61. The van der Waals surface area contributed by atoms with E-state index in [4.69, 9.17) is 14.2 Å². The number of epoxide rings is 1. The third-order valence-corrected chi connectivity index (χ3v) is 9.61. The van der Waals surface area contributed by atoms with Gasteiger partial charge in [-0.2, -0.15) is 0 Å². The van der Waals surface area contributed by atoms with Crippen LogP contribution in [0.15, 0.2) is 36.5 Å². The smallest absolute Gasteiger partial charge is 0.306 e. The third kappa shape index (κ3) is 30.9. The number of allylic oxidation sites excluding steroid dienone is 5. The number of aliphatic hydroxyl groups excluding tert-OH is 1. The minimum Gasteiger partial charge on any atom is -0.462 e. The molecule has 290 valence electrons. The Balaban J connectivity index is 1.91. The van der Waals surface area contributed by atoms with Gasteiger partial charge in [-0.25, -0.2) is 0 Å². The molecule has 0 radical (unpaired) electrons. The van der Waals surface area contributed by atoms with Crippen LogP contribution in [0.3, 0.4) is 0 Å². The average molecular weight is 703 g/mol. The van der Waals surface area contributed by atoms with Crippen molar-refractivity contribution < 1.29 is 28.9 Å². The van der Waals surface area contributed by atoms with Crippen LogP contribution in [0.25, 0.3) is 0 Å². The highest BCUT2D eigenvalue weighted by atomic mass is 16.6. The van der Waals surface area contributed by atoms with E-state index >= 15 is 0 Å². The van der Waals surface area contributed by atoms with Crippen LogP contribution in [-0.2, 0) is 23.8 Å². The Kier molecular flexibility index (Phi) is 32.7. The second-order valence-corrected chi connectivity index (χ2v) is 14.5. The summed E-state index contributed by atoms with van der Waals surface area (Å²) in [6, 6.07) is 0. The molecule has 2 unspecified atom stereocenters. The molecule has 1 heterocycles. The molecule has 1 aliphatic heterocycles. The van der Waals surface area contributed by atoms with Crippen LogP contribution in [0.4, 0.5) is 0 Å². The van der Waals surface area contributed by atoms with Crippen molar-refractivity contribution in [3.63, 3.8) is 0 Å². The summed E-state index contributed by atoms with van der Waals surface area (Å²) in [7, 11) is 0. The number of esters is 2. The standard InChI is InChI=1S/C44H78O6/c1-3-5-7-9-11-13-15-17-18-19-20-21-22-24-26-28-30-32-36-44(47)49-40(38-45)39-48-43(46)37-33-35-42-41(50-42)34-31-29-27-25-23-16-14-12-10-8-6-4-2/h12,14,23,25,29,31,40-42,45H,3-11,13,15-22,24,26-28,30,32-39H2,1-2H3/b14-12-,25-23-,31-29-/t40-,41?,42?/m0/s1. The van der Waals surface area contributed by atoms with E-state index in [1.807, 2.05) is 0 Å². The van der Waals surface area contributed by atoms with E-state index in [9.17, 15) is 14.7 Å². The van der Waals surface area contributed by atoms with E-state index in [1.165, 1.54) is 122 Å². The monoisotopic (exact) mass is 703 g/mol.